The molecule has 1 aromatic carbocycles. The van der Waals surface area contributed by atoms with Gasteiger partial charge >= 0.3 is 5.97 Å². The van der Waals surface area contributed by atoms with Gasteiger partial charge in [-0.1, -0.05) is 0 Å². The number of ether oxygens (including phenoxy) is 1. The van der Waals surface area contributed by atoms with Gasteiger partial charge in [-0.3, -0.25) is 4.68 Å². The Bertz CT molecular complexity index is 861. The number of aryl methyl sites for hydroxylation is 1. The number of hydrogen-bond acceptors (Lipinski definition) is 3. The summed E-state index contributed by atoms with van der Waals surface area (Å²) in [5.41, 5.74) is 2.64. The molecule has 3 rings (SSSR count). The molecule has 0 amide bonds. The number of nitrogens with zero attached hydrogens (tertiary/aromatic N) is 3. The maximum absolute atomic E-state index is 11.7. The molecular formula is C16H17N3O3. The molecule has 2 heterocycles. The van der Waals surface area contributed by atoms with Crippen LogP contribution in [0.25, 0.3) is 16.6 Å². The molecule has 0 unspecified atom stereocenters. The van der Waals surface area contributed by atoms with Crippen molar-refractivity contribution in [3.63, 3.8) is 0 Å². The van der Waals surface area contributed by atoms with Crippen LogP contribution in [-0.4, -0.2) is 32.5 Å². The summed E-state index contributed by atoms with van der Waals surface area (Å²) < 4.78 is 8.94. The minimum absolute atomic E-state index is 0.290. The summed E-state index contributed by atoms with van der Waals surface area (Å²) in [7, 11) is 1.57. The van der Waals surface area contributed by atoms with Crippen molar-refractivity contribution in [1.82, 2.24) is 14.3 Å². The standard InChI is InChI=1S/C16H17N3O3/c1-4-18-9-11(8-17-18)19-10(2)15(16(20)21)13-7-12(22-3)5-6-14(13)19/h5-9H,4H2,1-3H3,(H,20,21). The Morgan fingerprint density at radius 3 is 2.77 bits per heavy atom. The topological polar surface area (TPSA) is 69.3 Å². The number of fused-ring (bicyclic) bond motifs is 1. The Morgan fingerprint density at radius 2 is 2.18 bits per heavy atom. The SMILES string of the molecule is CCn1cc(-n2c(C)c(C(=O)O)c3cc(OC)ccc32)cn1. The molecule has 0 spiro atoms. The number of carboxylic acid groups (broad SMARTS) is 1. The van der Waals surface area contributed by atoms with Crippen molar-refractivity contribution in [3.8, 4) is 11.4 Å². The third kappa shape index (κ3) is 2.04. The van der Waals surface area contributed by atoms with Gasteiger partial charge in [0.05, 0.1) is 30.1 Å². The van der Waals surface area contributed by atoms with Crippen molar-refractivity contribution >= 4 is 16.9 Å². The maximum atomic E-state index is 11.7. The van der Waals surface area contributed by atoms with Crippen molar-refractivity contribution < 1.29 is 14.6 Å². The van der Waals surface area contributed by atoms with Crippen LogP contribution in [0.1, 0.15) is 23.0 Å². The van der Waals surface area contributed by atoms with E-state index in [1.807, 2.05) is 34.5 Å². The minimum atomic E-state index is -0.947. The van der Waals surface area contributed by atoms with E-state index < -0.39 is 5.97 Å². The van der Waals surface area contributed by atoms with Crippen LogP contribution in [0.3, 0.4) is 0 Å². The molecule has 0 atom stereocenters. The molecule has 0 radical (unpaired) electrons. The first-order valence-corrected chi connectivity index (χ1v) is 7.02. The van der Waals surface area contributed by atoms with Crippen molar-refractivity contribution in [2.45, 2.75) is 20.4 Å². The highest BCUT2D eigenvalue weighted by atomic mass is 16.5. The van der Waals surface area contributed by atoms with Gasteiger partial charge in [0, 0.05) is 23.8 Å². The Balaban J connectivity index is 2.34. The van der Waals surface area contributed by atoms with Crippen LogP contribution in [0.4, 0.5) is 0 Å². The van der Waals surface area contributed by atoms with Crippen LogP contribution in [0.5, 0.6) is 5.75 Å². The van der Waals surface area contributed by atoms with Crippen LogP contribution >= 0.6 is 0 Å². The van der Waals surface area contributed by atoms with E-state index in [9.17, 15) is 9.90 Å². The lowest BCUT2D eigenvalue weighted by Crippen LogP contribution is -2.01. The highest BCUT2D eigenvalue weighted by molar-refractivity contribution is 6.06. The van der Waals surface area contributed by atoms with Crippen LogP contribution in [-0.2, 0) is 6.54 Å². The van der Waals surface area contributed by atoms with Gasteiger partial charge < -0.3 is 14.4 Å². The number of hydrogen-bond donors (Lipinski definition) is 1. The second-order valence-corrected chi connectivity index (χ2v) is 5.04. The Morgan fingerprint density at radius 1 is 1.41 bits per heavy atom. The van der Waals surface area contributed by atoms with Gasteiger partial charge in [0.15, 0.2) is 0 Å². The predicted molar refractivity (Wildman–Crippen MR) is 83.0 cm³/mol. The van der Waals surface area contributed by atoms with Crippen LogP contribution < -0.4 is 4.74 Å². The Labute approximate surface area is 127 Å². The number of benzene rings is 1. The summed E-state index contributed by atoms with van der Waals surface area (Å²) in [6.45, 7) is 4.57. The third-order valence-corrected chi connectivity index (χ3v) is 3.83. The Kier molecular flexibility index (Phi) is 3.36. The quantitative estimate of drug-likeness (QED) is 0.804. The van der Waals surface area contributed by atoms with Gasteiger partial charge in [0.25, 0.3) is 0 Å². The van der Waals surface area contributed by atoms with E-state index in [0.29, 0.717) is 16.8 Å². The normalized spacial score (nSPS) is 11.0. The fourth-order valence-electron chi connectivity index (χ4n) is 2.77. The molecule has 1 N–H and O–H groups in total. The highest BCUT2D eigenvalue weighted by Crippen LogP contribution is 2.31. The number of aromatic carboxylic acids is 1. The lowest BCUT2D eigenvalue weighted by molar-refractivity contribution is 0.0698. The van der Waals surface area contributed by atoms with E-state index in [-0.39, 0.29) is 5.56 Å². The summed E-state index contributed by atoms with van der Waals surface area (Å²) >= 11 is 0. The molecule has 2 aromatic heterocycles. The van der Waals surface area contributed by atoms with Crippen LogP contribution in [0.2, 0.25) is 0 Å². The molecule has 0 aliphatic heterocycles. The predicted octanol–water partition coefficient (Wildman–Crippen LogP) is 2.86. The molecule has 3 aromatic rings. The highest BCUT2D eigenvalue weighted by Gasteiger charge is 2.21. The summed E-state index contributed by atoms with van der Waals surface area (Å²) in [6, 6.07) is 5.46. The van der Waals surface area contributed by atoms with Gasteiger partial charge in [0.1, 0.15) is 5.75 Å². The number of rotatable bonds is 4. The van der Waals surface area contributed by atoms with E-state index in [1.165, 1.54) is 0 Å². The molecule has 6 heteroatoms. The molecule has 0 saturated carbocycles. The van der Waals surface area contributed by atoms with E-state index in [1.54, 1.807) is 26.3 Å². The van der Waals surface area contributed by atoms with Crippen LogP contribution in [0.15, 0.2) is 30.6 Å². The van der Waals surface area contributed by atoms with Crippen LogP contribution in [0, 0.1) is 6.92 Å². The minimum Gasteiger partial charge on any atom is -0.497 e. The van der Waals surface area contributed by atoms with Crippen molar-refractivity contribution in [2.24, 2.45) is 0 Å². The van der Waals surface area contributed by atoms with Gasteiger partial charge in [-0.2, -0.15) is 5.10 Å². The lowest BCUT2D eigenvalue weighted by atomic mass is 10.1. The number of methoxy groups -OCH3 is 1. The smallest absolute Gasteiger partial charge is 0.338 e. The maximum Gasteiger partial charge on any atom is 0.338 e. The van der Waals surface area contributed by atoms with Crippen molar-refractivity contribution in [3.05, 3.63) is 41.9 Å². The summed E-state index contributed by atoms with van der Waals surface area (Å²) in [6.07, 6.45) is 3.65. The first kappa shape index (κ1) is 14.2. The summed E-state index contributed by atoms with van der Waals surface area (Å²) in [5, 5.41) is 14.5. The first-order valence-electron chi connectivity index (χ1n) is 7.02. The fourth-order valence-corrected chi connectivity index (χ4v) is 2.77. The first-order chi connectivity index (χ1) is 10.6. The number of carboxylic acids is 1. The molecule has 0 saturated heterocycles. The Hall–Kier alpha value is -2.76. The number of aromatic nitrogens is 3. The average Bonchev–Trinajstić information content (AvgIpc) is 3.07. The average molecular weight is 299 g/mol. The monoisotopic (exact) mass is 299 g/mol. The second-order valence-electron chi connectivity index (χ2n) is 5.04. The van der Waals surface area contributed by atoms with E-state index in [4.69, 9.17) is 4.74 Å². The molecule has 114 valence electrons. The second kappa shape index (κ2) is 5.22. The zero-order valence-corrected chi connectivity index (χ0v) is 12.7. The largest absolute Gasteiger partial charge is 0.497 e. The summed E-state index contributed by atoms with van der Waals surface area (Å²) in [5.74, 6) is -0.311. The molecule has 0 fully saturated rings. The zero-order chi connectivity index (χ0) is 15.9. The van der Waals surface area contributed by atoms with Gasteiger partial charge in [0.2, 0.25) is 0 Å². The lowest BCUT2D eigenvalue weighted by Gasteiger charge is -2.05. The molecule has 0 aliphatic rings. The van der Waals surface area contributed by atoms with Gasteiger partial charge in [-0.05, 0) is 32.0 Å². The van der Waals surface area contributed by atoms with Crippen molar-refractivity contribution in [1.29, 1.82) is 0 Å². The summed E-state index contributed by atoms with van der Waals surface area (Å²) in [4.78, 5) is 11.7. The molecule has 6 nitrogen and oxygen atoms in total. The van der Waals surface area contributed by atoms with Gasteiger partial charge in [-0.25, -0.2) is 4.79 Å². The van der Waals surface area contributed by atoms with Gasteiger partial charge in [-0.15, -0.1) is 0 Å². The number of carbonyl (C=O) groups is 1. The van der Waals surface area contributed by atoms with E-state index in [0.717, 1.165) is 17.7 Å². The molecule has 22 heavy (non-hydrogen) atoms. The van der Waals surface area contributed by atoms with E-state index in [2.05, 4.69) is 5.10 Å². The molecule has 0 bridgehead atoms. The van der Waals surface area contributed by atoms with Crippen molar-refractivity contribution in [2.75, 3.05) is 7.11 Å². The third-order valence-electron chi connectivity index (χ3n) is 3.83. The molecular weight excluding hydrogens is 282 g/mol. The zero-order valence-electron chi connectivity index (χ0n) is 12.7. The van der Waals surface area contributed by atoms with E-state index >= 15 is 0 Å². The molecule has 0 aliphatic carbocycles. The fraction of sp³-hybridized carbons (Fsp3) is 0.250.